The Kier molecular flexibility index (Phi) is 13.0. The summed E-state index contributed by atoms with van der Waals surface area (Å²) >= 11 is 0. The molecular weight excluding hydrogens is 741 g/mol. The molecule has 0 aliphatic carbocycles. The molecule has 0 N–H and O–H groups in total. The van der Waals surface area contributed by atoms with Gasteiger partial charge in [-0.2, -0.15) is 37.2 Å². The third-order valence-electron chi connectivity index (χ3n) is 8.91. The average Bonchev–Trinajstić information content (AvgIpc) is 3.09. The highest BCUT2D eigenvalue weighted by atomic mass is 32.3. The van der Waals surface area contributed by atoms with E-state index in [9.17, 15) is 29.8 Å². The monoisotopic (exact) mass is 782 g/mol. The molecule has 0 aliphatic rings. The number of alkyl halides is 3. The Hall–Kier alpha value is -2.59. The molecule has 17 heteroatoms. The predicted octanol–water partition coefficient (Wildman–Crippen LogP) is 9.27. The zero-order chi connectivity index (χ0) is 37.8. The molecule has 0 aliphatic heterocycles. The van der Waals surface area contributed by atoms with E-state index in [0.29, 0.717) is 0 Å². The maximum absolute atomic E-state index is 15.2. The number of halogens is 3. The van der Waals surface area contributed by atoms with E-state index in [2.05, 4.69) is 11.9 Å². The van der Waals surface area contributed by atoms with Crippen molar-refractivity contribution >= 4 is 38.2 Å². The van der Waals surface area contributed by atoms with Crippen molar-refractivity contribution in [3.63, 3.8) is 0 Å². The molecule has 0 atom stereocenters. The molecule has 0 amide bonds. The third kappa shape index (κ3) is 9.06. The quantitative estimate of drug-likeness (QED) is 0.114. The molecule has 0 heterocycles. The van der Waals surface area contributed by atoms with Crippen LogP contribution in [0.5, 0.6) is 0 Å². The number of hydrogen-bond acceptors (Lipinski definition) is 10. The molecule has 50 heavy (non-hydrogen) atoms. The summed E-state index contributed by atoms with van der Waals surface area (Å²) in [6.45, 7) is 9.54. The minimum absolute atomic E-state index is 0.0626. The highest BCUT2D eigenvalue weighted by Gasteiger charge is 2.46. The summed E-state index contributed by atoms with van der Waals surface area (Å²) in [7, 11) is -22.2. The maximum Gasteiger partial charge on any atom is 0.520 e. The van der Waals surface area contributed by atoms with Gasteiger partial charge >= 0.3 is 38.2 Å². The van der Waals surface area contributed by atoms with E-state index < -0.39 is 69.9 Å². The van der Waals surface area contributed by atoms with E-state index in [1.807, 2.05) is 0 Å². The molecule has 0 aromatic heterocycles. The highest BCUT2D eigenvalue weighted by Crippen LogP contribution is 2.56. The Morgan fingerprint density at radius 1 is 0.440 bits per heavy atom. The molecule has 278 valence electrons. The molecule has 3 rings (SSSR count). The van der Waals surface area contributed by atoms with Crippen molar-refractivity contribution in [2.75, 3.05) is 0 Å². The average molecular weight is 783 g/mol. The standard InChI is InChI=1S/C33H42F3O10PS3/c1-7-31(34,8-2)25-13-19-28(20-14-25)48(38,39)44-47(37,45-49(40,41)29-21-15-26(16-22-29)32(35,9-3)10-4)46-50(42,43)30-23-17-27(18-24-30)33(36,11-5)12-6/h13-24H,7-12H2,1-6H3. The van der Waals surface area contributed by atoms with Gasteiger partial charge in [0.25, 0.3) is 0 Å². The summed E-state index contributed by atoms with van der Waals surface area (Å²) in [5.41, 5.74) is -5.07. The molecule has 3 aromatic rings. The lowest BCUT2D eigenvalue weighted by atomic mass is 9.91. The van der Waals surface area contributed by atoms with Gasteiger partial charge in [-0.1, -0.05) is 77.9 Å². The summed E-state index contributed by atoms with van der Waals surface area (Å²) in [6, 6.07) is 12.1. The van der Waals surface area contributed by atoms with Crippen LogP contribution in [0.25, 0.3) is 0 Å². The van der Waals surface area contributed by atoms with E-state index in [1.54, 1.807) is 41.5 Å². The smallest absolute Gasteiger partial charge is 0.239 e. The lowest BCUT2D eigenvalue weighted by Gasteiger charge is -2.23. The van der Waals surface area contributed by atoms with Crippen molar-refractivity contribution < 1.29 is 54.9 Å². The van der Waals surface area contributed by atoms with E-state index in [0.717, 1.165) is 72.8 Å². The van der Waals surface area contributed by atoms with E-state index in [1.165, 1.54) is 0 Å². The van der Waals surface area contributed by atoms with Gasteiger partial charge in [-0.15, -0.1) is 0 Å². The van der Waals surface area contributed by atoms with Gasteiger partial charge in [0.1, 0.15) is 17.0 Å². The van der Waals surface area contributed by atoms with E-state index >= 15 is 13.2 Å². The molecule has 0 radical (unpaired) electrons. The first-order chi connectivity index (χ1) is 23.1. The van der Waals surface area contributed by atoms with Crippen LogP contribution in [0.15, 0.2) is 87.5 Å². The molecular formula is C33H42F3O10PS3. The first kappa shape index (κ1) is 41.8. The SMILES string of the molecule is CCC(F)(CC)c1ccc(S(=O)(=O)OP(=O)(OS(=O)(=O)c2ccc(C(F)(CC)CC)cc2)OS(=O)(=O)c2ccc(C(F)(CC)CC)cc2)cc1. The van der Waals surface area contributed by atoms with E-state index in [-0.39, 0.29) is 55.2 Å². The Bertz CT molecular complexity index is 1760. The molecule has 0 fully saturated rings. The van der Waals surface area contributed by atoms with Crippen molar-refractivity contribution in [2.24, 2.45) is 0 Å². The molecule has 3 aromatic carbocycles. The van der Waals surface area contributed by atoms with Gasteiger partial charge < -0.3 is 0 Å². The summed E-state index contributed by atoms with van der Waals surface area (Å²) in [5, 5.41) is 0. The van der Waals surface area contributed by atoms with Gasteiger partial charge in [0, 0.05) is 0 Å². The van der Waals surface area contributed by atoms with Crippen LogP contribution >= 0.6 is 7.82 Å². The Morgan fingerprint density at radius 2 is 0.620 bits per heavy atom. The Labute approximate surface area is 293 Å². The summed E-state index contributed by atoms with van der Waals surface area (Å²) < 4.78 is 153. The van der Waals surface area contributed by atoms with Gasteiger partial charge in [-0.25, -0.2) is 17.7 Å². The zero-order valence-corrected chi connectivity index (χ0v) is 31.9. The van der Waals surface area contributed by atoms with Crippen molar-refractivity contribution in [3.05, 3.63) is 89.5 Å². The maximum atomic E-state index is 15.2. The molecule has 0 bridgehead atoms. The van der Waals surface area contributed by atoms with Crippen LogP contribution in [-0.2, 0) is 63.8 Å². The van der Waals surface area contributed by atoms with Crippen LogP contribution in [0.4, 0.5) is 13.2 Å². The van der Waals surface area contributed by atoms with Crippen LogP contribution in [0, 0.1) is 0 Å². The van der Waals surface area contributed by atoms with Crippen molar-refractivity contribution in [3.8, 4) is 0 Å². The van der Waals surface area contributed by atoms with Crippen molar-refractivity contribution in [1.29, 1.82) is 0 Å². The van der Waals surface area contributed by atoms with Crippen molar-refractivity contribution in [2.45, 2.75) is 112 Å². The Balaban J connectivity index is 2.09. The molecule has 0 saturated carbocycles. The molecule has 0 spiro atoms. The molecule has 0 saturated heterocycles. The summed E-state index contributed by atoms with van der Waals surface area (Å²) in [4.78, 5) is -2.28. The summed E-state index contributed by atoms with van der Waals surface area (Å²) in [5.74, 6) is 0. The second-order valence-electron chi connectivity index (χ2n) is 11.6. The van der Waals surface area contributed by atoms with Crippen LogP contribution in [0.2, 0.25) is 0 Å². The van der Waals surface area contributed by atoms with Crippen LogP contribution in [-0.4, -0.2) is 25.3 Å². The van der Waals surface area contributed by atoms with E-state index in [4.69, 9.17) is 0 Å². The second-order valence-corrected chi connectivity index (χ2v) is 18.4. The summed E-state index contributed by atoms with van der Waals surface area (Å²) in [6.07, 6.45) is 0.375. The van der Waals surface area contributed by atoms with Crippen molar-refractivity contribution in [1.82, 2.24) is 0 Å². The first-order valence-corrected chi connectivity index (χ1v) is 21.7. The fourth-order valence-corrected chi connectivity index (χ4v) is 11.6. The molecule has 0 unspecified atom stereocenters. The van der Waals surface area contributed by atoms with Gasteiger partial charge in [0.2, 0.25) is 0 Å². The minimum atomic E-state index is -6.23. The van der Waals surface area contributed by atoms with Crippen LogP contribution in [0.1, 0.15) is 96.8 Å². The fraction of sp³-hybridized carbons (Fsp3) is 0.455. The number of rotatable bonds is 18. The molecule has 10 nitrogen and oxygen atoms in total. The Morgan fingerprint density at radius 3 is 0.780 bits per heavy atom. The van der Waals surface area contributed by atoms with Gasteiger partial charge in [-0.3, -0.25) is 0 Å². The zero-order valence-electron chi connectivity index (χ0n) is 28.6. The lowest BCUT2D eigenvalue weighted by Crippen LogP contribution is -2.19. The number of benzene rings is 3. The van der Waals surface area contributed by atoms with Gasteiger partial charge in [0.05, 0.1) is 14.7 Å². The highest BCUT2D eigenvalue weighted by molar-refractivity contribution is 7.97. The third-order valence-corrected chi connectivity index (χ3v) is 16.0. The lowest BCUT2D eigenvalue weighted by molar-refractivity contribution is 0.151. The minimum Gasteiger partial charge on any atom is -0.239 e. The number of phosphoric acid groups is 1. The predicted molar refractivity (Wildman–Crippen MR) is 182 cm³/mol. The van der Waals surface area contributed by atoms with Crippen LogP contribution < -0.4 is 0 Å². The van der Waals surface area contributed by atoms with Crippen LogP contribution in [0.3, 0.4) is 0 Å². The fourth-order valence-electron chi connectivity index (χ4n) is 5.26. The first-order valence-electron chi connectivity index (χ1n) is 16.0. The topological polar surface area (TPSA) is 147 Å². The van der Waals surface area contributed by atoms with Gasteiger partial charge in [0.15, 0.2) is 0 Å². The second kappa shape index (κ2) is 15.6. The largest absolute Gasteiger partial charge is 0.520 e. The number of hydrogen-bond donors (Lipinski definition) is 0. The normalized spacial score (nSPS) is 13.8. The van der Waals surface area contributed by atoms with Gasteiger partial charge in [-0.05, 0) is 91.6 Å².